The predicted octanol–water partition coefficient (Wildman–Crippen LogP) is 0.653. The number of pyridine rings is 1. The molecule has 1 aromatic rings. The minimum Gasteiger partial charge on any atom is -0.480 e. The molecule has 1 aromatic heterocycles. The topological polar surface area (TPSA) is 96.4 Å². The van der Waals surface area contributed by atoms with E-state index in [1.807, 2.05) is 0 Å². The minimum atomic E-state index is -3.62. The lowest BCUT2D eigenvalue weighted by molar-refractivity contribution is -0.140. The molecule has 1 rings (SSSR count). The van der Waals surface area contributed by atoms with Gasteiger partial charge in [0.25, 0.3) is 0 Å². The summed E-state index contributed by atoms with van der Waals surface area (Å²) in [5, 5.41) is 8.96. The summed E-state index contributed by atoms with van der Waals surface area (Å²) in [6.45, 7) is 3.31. The first-order valence-electron chi connectivity index (χ1n) is 5.93. The molecule has 0 unspecified atom stereocenters. The molecule has 2 N–H and O–H groups in total. The van der Waals surface area contributed by atoms with E-state index in [-0.39, 0.29) is 11.7 Å². The largest absolute Gasteiger partial charge is 0.480 e. The summed E-state index contributed by atoms with van der Waals surface area (Å²) in [6, 6.07) is 2.36. The zero-order valence-electron chi connectivity index (χ0n) is 10.9. The van der Waals surface area contributed by atoms with E-state index in [1.165, 1.54) is 0 Å². The van der Waals surface area contributed by atoms with Crippen LogP contribution in [0.3, 0.4) is 0 Å². The molecule has 0 spiro atoms. The lowest BCUT2D eigenvalue weighted by atomic mass is 10.1. The zero-order valence-corrected chi connectivity index (χ0v) is 11.7. The SMILES string of the molecule is CC(C)[C@@H](NS(=O)(=O)CCc1ccncc1)C(=O)O. The van der Waals surface area contributed by atoms with Gasteiger partial charge in [0.1, 0.15) is 6.04 Å². The van der Waals surface area contributed by atoms with Gasteiger partial charge >= 0.3 is 5.97 Å². The van der Waals surface area contributed by atoms with Gasteiger partial charge in [0.15, 0.2) is 0 Å². The molecule has 106 valence electrons. The van der Waals surface area contributed by atoms with Crippen LogP contribution in [0.25, 0.3) is 0 Å². The Morgan fingerprint density at radius 2 is 1.95 bits per heavy atom. The fraction of sp³-hybridized carbons (Fsp3) is 0.500. The number of hydrogen-bond donors (Lipinski definition) is 2. The Morgan fingerprint density at radius 1 is 1.37 bits per heavy atom. The van der Waals surface area contributed by atoms with Gasteiger partial charge in [0.2, 0.25) is 10.0 Å². The van der Waals surface area contributed by atoms with Crippen molar-refractivity contribution in [2.45, 2.75) is 26.3 Å². The highest BCUT2D eigenvalue weighted by atomic mass is 32.2. The van der Waals surface area contributed by atoms with E-state index in [9.17, 15) is 13.2 Å². The third-order valence-corrected chi connectivity index (χ3v) is 4.00. The molecular formula is C12H18N2O4S. The predicted molar refractivity (Wildman–Crippen MR) is 71.1 cm³/mol. The number of sulfonamides is 1. The fourth-order valence-corrected chi connectivity index (χ4v) is 2.91. The number of rotatable bonds is 7. The molecule has 1 heterocycles. The van der Waals surface area contributed by atoms with Gasteiger partial charge in [-0.15, -0.1) is 0 Å². The van der Waals surface area contributed by atoms with Gasteiger partial charge < -0.3 is 5.11 Å². The number of carboxylic acid groups (broad SMARTS) is 1. The highest BCUT2D eigenvalue weighted by Gasteiger charge is 2.26. The van der Waals surface area contributed by atoms with Crippen LogP contribution in [0.4, 0.5) is 0 Å². The van der Waals surface area contributed by atoms with Gasteiger partial charge in [0, 0.05) is 12.4 Å². The molecule has 0 aliphatic heterocycles. The van der Waals surface area contributed by atoms with Crippen molar-refractivity contribution in [1.29, 1.82) is 0 Å². The van der Waals surface area contributed by atoms with Gasteiger partial charge in [-0.1, -0.05) is 13.8 Å². The maximum Gasteiger partial charge on any atom is 0.321 e. The Balaban J connectivity index is 2.64. The highest BCUT2D eigenvalue weighted by molar-refractivity contribution is 7.89. The maximum atomic E-state index is 11.8. The van der Waals surface area contributed by atoms with E-state index in [0.717, 1.165) is 5.56 Å². The van der Waals surface area contributed by atoms with Crippen LogP contribution in [0.5, 0.6) is 0 Å². The van der Waals surface area contributed by atoms with Gasteiger partial charge in [-0.3, -0.25) is 9.78 Å². The van der Waals surface area contributed by atoms with E-state index in [2.05, 4.69) is 9.71 Å². The molecular weight excluding hydrogens is 268 g/mol. The molecule has 0 fully saturated rings. The van der Waals surface area contributed by atoms with Crippen molar-refractivity contribution in [3.8, 4) is 0 Å². The molecule has 7 heteroatoms. The number of hydrogen-bond acceptors (Lipinski definition) is 4. The lowest BCUT2D eigenvalue weighted by Crippen LogP contribution is -2.45. The number of carboxylic acids is 1. The molecule has 0 aliphatic carbocycles. The molecule has 19 heavy (non-hydrogen) atoms. The van der Waals surface area contributed by atoms with Gasteiger partial charge in [-0.05, 0) is 30.0 Å². The van der Waals surface area contributed by atoms with Crippen LogP contribution < -0.4 is 4.72 Å². The van der Waals surface area contributed by atoms with Crippen LogP contribution in [-0.2, 0) is 21.2 Å². The highest BCUT2D eigenvalue weighted by Crippen LogP contribution is 2.06. The standard InChI is InChI=1S/C12H18N2O4S/c1-9(2)11(12(15)16)14-19(17,18)8-5-10-3-6-13-7-4-10/h3-4,6-7,9,11,14H,5,8H2,1-2H3,(H,15,16)/t11-/m1/s1. The number of aryl methyl sites for hydroxylation is 1. The molecule has 0 saturated carbocycles. The van der Waals surface area contributed by atoms with Crippen LogP contribution in [0.1, 0.15) is 19.4 Å². The Bertz CT molecular complexity index is 514. The summed E-state index contributed by atoms with van der Waals surface area (Å²) in [7, 11) is -3.62. The maximum absolute atomic E-state index is 11.8. The van der Waals surface area contributed by atoms with Crippen molar-refractivity contribution in [2.75, 3.05) is 5.75 Å². The molecule has 0 aromatic carbocycles. The second-order valence-electron chi connectivity index (χ2n) is 4.60. The molecule has 1 atom stereocenters. The quantitative estimate of drug-likeness (QED) is 0.767. The van der Waals surface area contributed by atoms with Crippen molar-refractivity contribution < 1.29 is 18.3 Å². The Morgan fingerprint density at radius 3 is 2.42 bits per heavy atom. The van der Waals surface area contributed by atoms with Crippen molar-refractivity contribution >= 4 is 16.0 Å². The second kappa shape index (κ2) is 6.63. The molecule has 6 nitrogen and oxygen atoms in total. The van der Waals surface area contributed by atoms with E-state index in [1.54, 1.807) is 38.4 Å². The van der Waals surface area contributed by atoms with Crippen LogP contribution in [-0.4, -0.2) is 36.3 Å². The van der Waals surface area contributed by atoms with Crippen LogP contribution in [0.15, 0.2) is 24.5 Å². The van der Waals surface area contributed by atoms with Crippen LogP contribution in [0, 0.1) is 5.92 Å². The summed E-state index contributed by atoms with van der Waals surface area (Å²) in [6.07, 6.45) is 3.50. The Labute approximate surface area is 112 Å². The second-order valence-corrected chi connectivity index (χ2v) is 6.48. The van der Waals surface area contributed by atoms with Crippen molar-refractivity contribution in [3.63, 3.8) is 0 Å². The van der Waals surface area contributed by atoms with Gasteiger partial charge in [-0.2, -0.15) is 0 Å². The Hall–Kier alpha value is -1.47. The lowest BCUT2D eigenvalue weighted by Gasteiger charge is -2.17. The number of nitrogens with zero attached hydrogens (tertiary/aromatic N) is 1. The van der Waals surface area contributed by atoms with Gasteiger partial charge in [-0.25, -0.2) is 13.1 Å². The fourth-order valence-electron chi connectivity index (χ4n) is 1.53. The average Bonchev–Trinajstić information content (AvgIpc) is 2.34. The van der Waals surface area contributed by atoms with Crippen LogP contribution >= 0.6 is 0 Å². The van der Waals surface area contributed by atoms with E-state index in [4.69, 9.17) is 5.11 Å². The van der Waals surface area contributed by atoms with Crippen LogP contribution in [0.2, 0.25) is 0 Å². The number of aliphatic carboxylic acids is 1. The summed E-state index contributed by atoms with van der Waals surface area (Å²) in [5.41, 5.74) is 0.844. The first kappa shape index (κ1) is 15.6. The van der Waals surface area contributed by atoms with E-state index in [0.29, 0.717) is 6.42 Å². The number of aromatic nitrogens is 1. The number of carbonyl (C=O) groups is 1. The Kier molecular flexibility index (Phi) is 5.44. The summed E-state index contributed by atoms with van der Waals surface area (Å²) >= 11 is 0. The average molecular weight is 286 g/mol. The summed E-state index contributed by atoms with van der Waals surface area (Å²) < 4.78 is 25.9. The summed E-state index contributed by atoms with van der Waals surface area (Å²) in [4.78, 5) is 14.8. The van der Waals surface area contributed by atoms with E-state index >= 15 is 0 Å². The minimum absolute atomic E-state index is 0.145. The van der Waals surface area contributed by atoms with E-state index < -0.39 is 22.0 Å². The van der Waals surface area contributed by atoms with Crippen molar-refractivity contribution in [1.82, 2.24) is 9.71 Å². The first-order valence-corrected chi connectivity index (χ1v) is 7.59. The normalized spacial score (nSPS) is 13.4. The summed E-state index contributed by atoms with van der Waals surface area (Å²) in [5.74, 6) is -1.62. The molecule has 0 amide bonds. The third kappa shape index (κ3) is 5.35. The molecule has 0 saturated heterocycles. The zero-order chi connectivity index (χ0) is 14.5. The molecule has 0 radical (unpaired) electrons. The third-order valence-electron chi connectivity index (χ3n) is 2.65. The van der Waals surface area contributed by atoms with Gasteiger partial charge in [0.05, 0.1) is 5.75 Å². The van der Waals surface area contributed by atoms with Crippen molar-refractivity contribution in [2.24, 2.45) is 5.92 Å². The van der Waals surface area contributed by atoms with Crippen molar-refractivity contribution in [3.05, 3.63) is 30.1 Å². The monoisotopic (exact) mass is 286 g/mol. The number of nitrogens with one attached hydrogen (secondary N) is 1. The molecule has 0 aliphatic rings. The smallest absolute Gasteiger partial charge is 0.321 e. The first-order chi connectivity index (χ1) is 8.82. The molecule has 0 bridgehead atoms.